The van der Waals surface area contributed by atoms with Gasteiger partial charge in [-0.1, -0.05) is 36.0 Å². The van der Waals surface area contributed by atoms with E-state index in [1.807, 2.05) is 38.1 Å². The van der Waals surface area contributed by atoms with Crippen LogP contribution in [0.4, 0.5) is 5.69 Å². The number of fused-ring (bicyclic) bond motifs is 1. The summed E-state index contributed by atoms with van der Waals surface area (Å²) in [6, 6.07) is 14.7. The Hall–Kier alpha value is -2.93. The van der Waals surface area contributed by atoms with Crippen LogP contribution in [0.15, 0.2) is 59.9 Å². The van der Waals surface area contributed by atoms with E-state index in [1.54, 1.807) is 29.2 Å². The van der Waals surface area contributed by atoms with Gasteiger partial charge in [-0.15, -0.1) is 0 Å². The van der Waals surface area contributed by atoms with Crippen molar-refractivity contribution >= 4 is 40.2 Å². The van der Waals surface area contributed by atoms with Crippen molar-refractivity contribution in [3.05, 3.63) is 60.4 Å². The maximum atomic E-state index is 12.5. The van der Waals surface area contributed by atoms with E-state index in [2.05, 4.69) is 15.3 Å². The quantitative estimate of drug-likeness (QED) is 0.487. The summed E-state index contributed by atoms with van der Waals surface area (Å²) >= 11 is 1.36. The minimum Gasteiger partial charge on any atom is -0.339 e. The summed E-state index contributed by atoms with van der Waals surface area (Å²) < 4.78 is 0. The molecule has 0 radical (unpaired) electrons. The fraction of sp³-hybridized carbons (Fsp3) is 0.238. The highest BCUT2D eigenvalue weighted by Crippen LogP contribution is 2.24. The lowest BCUT2D eigenvalue weighted by Crippen LogP contribution is -2.30. The molecular weight excluding hydrogens is 372 g/mol. The number of benzene rings is 2. The Morgan fingerprint density at radius 3 is 2.61 bits per heavy atom. The molecule has 6 nitrogen and oxygen atoms in total. The number of carbonyl (C=O) groups is 2. The average molecular weight is 395 g/mol. The van der Waals surface area contributed by atoms with Crippen molar-refractivity contribution < 1.29 is 9.59 Å². The number of nitrogens with one attached hydrogen (secondary N) is 1. The molecule has 2 amide bonds. The molecule has 3 aromatic rings. The summed E-state index contributed by atoms with van der Waals surface area (Å²) in [7, 11) is 0. The highest BCUT2D eigenvalue weighted by atomic mass is 32.2. The molecule has 1 heterocycles. The first kappa shape index (κ1) is 19.8. The van der Waals surface area contributed by atoms with Crippen LogP contribution in [0.25, 0.3) is 10.9 Å². The van der Waals surface area contributed by atoms with Crippen molar-refractivity contribution in [2.75, 3.05) is 24.2 Å². The Bertz CT molecular complexity index is 984. The number of hydrogen-bond acceptors (Lipinski definition) is 5. The Morgan fingerprint density at radius 2 is 1.82 bits per heavy atom. The van der Waals surface area contributed by atoms with Gasteiger partial charge in [0.15, 0.2) is 0 Å². The lowest BCUT2D eigenvalue weighted by Gasteiger charge is -2.19. The SMILES string of the molecule is CCN(CC)C(=O)c1cccc(NC(=O)CSc2ncnc3ccccc23)c1. The van der Waals surface area contributed by atoms with E-state index in [1.165, 1.54) is 18.1 Å². The largest absolute Gasteiger partial charge is 0.339 e. The maximum absolute atomic E-state index is 12.5. The number of para-hydroxylation sites is 1. The van der Waals surface area contributed by atoms with Crippen molar-refractivity contribution in [1.29, 1.82) is 0 Å². The third-order valence-electron chi connectivity index (χ3n) is 4.29. The molecule has 0 saturated heterocycles. The van der Waals surface area contributed by atoms with Crippen molar-refractivity contribution in [2.45, 2.75) is 18.9 Å². The molecule has 1 N–H and O–H groups in total. The highest BCUT2D eigenvalue weighted by Gasteiger charge is 2.13. The lowest BCUT2D eigenvalue weighted by molar-refractivity contribution is -0.113. The second-order valence-electron chi connectivity index (χ2n) is 6.09. The van der Waals surface area contributed by atoms with Crippen LogP contribution in [-0.4, -0.2) is 45.5 Å². The summed E-state index contributed by atoms with van der Waals surface area (Å²) in [5, 5.41) is 4.55. The Morgan fingerprint density at radius 1 is 1.04 bits per heavy atom. The predicted octanol–water partition coefficient (Wildman–Crippen LogP) is 3.84. The molecule has 0 aliphatic rings. The van der Waals surface area contributed by atoms with Crippen LogP contribution in [-0.2, 0) is 4.79 Å². The second-order valence-corrected chi connectivity index (χ2v) is 7.06. The molecule has 0 aliphatic heterocycles. The number of rotatable bonds is 7. The molecule has 144 valence electrons. The van der Waals surface area contributed by atoms with E-state index in [0.717, 1.165) is 15.9 Å². The Labute approximate surface area is 168 Å². The number of nitrogens with zero attached hydrogens (tertiary/aromatic N) is 3. The van der Waals surface area contributed by atoms with Crippen molar-refractivity contribution in [3.8, 4) is 0 Å². The fourth-order valence-corrected chi connectivity index (χ4v) is 3.64. The first-order chi connectivity index (χ1) is 13.6. The molecule has 2 aromatic carbocycles. The first-order valence-corrected chi connectivity index (χ1v) is 10.1. The van der Waals surface area contributed by atoms with Crippen LogP contribution in [0.5, 0.6) is 0 Å². The molecule has 0 saturated carbocycles. The molecule has 0 aliphatic carbocycles. The number of thioether (sulfide) groups is 1. The van der Waals surface area contributed by atoms with Gasteiger partial charge in [0.25, 0.3) is 5.91 Å². The number of hydrogen-bond donors (Lipinski definition) is 1. The summed E-state index contributed by atoms with van der Waals surface area (Å²) in [5.74, 6) is 0.0259. The summed E-state index contributed by atoms with van der Waals surface area (Å²) in [5.41, 5.74) is 2.02. The zero-order valence-corrected chi connectivity index (χ0v) is 16.7. The topological polar surface area (TPSA) is 75.2 Å². The van der Waals surface area contributed by atoms with Crippen LogP contribution < -0.4 is 5.32 Å². The fourth-order valence-electron chi connectivity index (χ4n) is 2.85. The Kier molecular flexibility index (Phi) is 6.60. The van der Waals surface area contributed by atoms with Crippen molar-refractivity contribution in [1.82, 2.24) is 14.9 Å². The van der Waals surface area contributed by atoms with E-state index < -0.39 is 0 Å². The molecule has 0 bridgehead atoms. The zero-order chi connectivity index (χ0) is 19.9. The van der Waals surface area contributed by atoms with Gasteiger partial charge in [0.05, 0.1) is 11.3 Å². The van der Waals surface area contributed by atoms with Crippen LogP contribution in [0.1, 0.15) is 24.2 Å². The van der Waals surface area contributed by atoms with Crippen LogP contribution >= 0.6 is 11.8 Å². The molecule has 0 atom stereocenters. The van der Waals surface area contributed by atoms with Gasteiger partial charge in [-0.3, -0.25) is 9.59 Å². The van der Waals surface area contributed by atoms with Gasteiger partial charge in [0.1, 0.15) is 11.4 Å². The zero-order valence-electron chi connectivity index (χ0n) is 15.9. The summed E-state index contributed by atoms with van der Waals surface area (Å²) in [4.78, 5) is 35.1. The van der Waals surface area contributed by atoms with Crippen molar-refractivity contribution in [2.24, 2.45) is 0 Å². The summed E-state index contributed by atoms with van der Waals surface area (Å²) in [6.45, 7) is 5.19. The normalized spacial score (nSPS) is 10.6. The molecule has 0 fully saturated rings. The monoisotopic (exact) mass is 394 g/mol. The van der Waals surface area contributed by atoms with Crippen molar-refractivity contribution in [3.63, 3.8) is 0 Å². The average Bonchev–Trinajstić information content (AvgIpc) is 2.73. The maximum Gasteiger partial charge on any atom is 0.253 e. The van der Waals surface area contributed by atoms with Gasteiger partial charge in [0.2, 0.25) is 5.91 Å². The second kappa shape index (κ2) is 9.32. The molecule has 0 spiro atoms. The number of anilines is 1. The van der Waals surface area contributed by atoms with Gasteiger partial charge in [-0.2, -0.15) is 0 Å². The third-order valence-corrected chi connectivity index (χ3v) is 5.30. The van der Waals surface area contributed by atoms with Gasteiger partial charge < -0.3 is 10.2 Å². The van der Waals surface area contributed by atoms with E-state index in [0.29, 0.717) is 24.3 Å². The highest BCUT2D eigenvalue weighted by molar-refractivity contribution is 8.00. The lowest BCUT2D eigenvalue weighted by atomic mass is 10.1. The molecule has 7 heteroatoms. The minimum atomic E-state index is -0.153. The molecule has 0 unspecified atom stereocenters. The van der Waals surface area contributed by atoms with E-state index in [-0.39, 0.29) is 17.6 Å². The smallest absolute Gasteiger partial charge is 0.253 e. The Balaban J connectivity index is 1.65. The number of aromatic nitrogens is 2. The minimum absolute atomic E-state index is 0.0390. The standard InChI is InChI=1S/C21H22N4O2S/c1-3-25(4-2)21(27)15-8-7-9-16(12-15)24-19(26)13-28-20-17-10-5-6-11-18(17)22-14-23-20/h5-12,14H,3-4,13H2,1-2H3,(H,24,26). The van der Waals surface area contributed by atoms with Crippen LogP contribution in [0, 0.1) is 0 Å². The molecular formula is C21H22N4O2S. The van der Waals surface area contributed by atoms with E-state index in [9.17, 15) is 9.59 Å². The van der Waals surface area contributed by atoms with Gasteiger partial charge >= 0.3 is 0 Å². The van der Waals surface area contributed by atoms with E-state index in [4.69, 9.17) is 0 Å². The molecule has 3 rings (SSSR count). The molecule has 28 heavy (non-hydrogen) atoms. The van der Waals surface area contributed by atoms with Gasteiger partial charge in [-0.25, -0.2) is 9.97 Å². The first-order valence-electron chi connectivity index (χ1n) is 9.14. The number of amides is 2. The van der Waals surface area contributed by atoms with E-state index >= 15 is 0 Å². The van der Waals surface area contributed by atoms with Gasteiger partial charge in [-0.05, 0) is 38.1 Å². The van der Waals surface area contributed by atoms with Crippen LogP contribution in [0.2, 0.25) is 0 Å². The third kappa shape index (κ3) is 4.67. The molecule has 1 aromatic heterocycles. The summed E-state index contributed by atoms with van der Waals surface area (Å²) in [6.07, 6.45) is 1.50. The van der Waals surface area contributed by atoms with Crippen LogP contribution in [0.3, 0.4) is 0 Å². The number of carbonyl (C=O) groups excluding carboxylic acids is 2. The van der Waals surface area contributed by atoms with Gasteiger partial charge in [0, 0.05) is 29.7 Å². The predicted molar refractivity (Wildman–Crippen MR) is 113 cm³/mol.